The minimum absolute atomic E-state index is 0.267. The molecule has 27 heavy (non-hydrogen) atoms. The second-order valence-corrected chi connectivity index (χ2v) is 7.76. The van der Waals surface area contributed by atoms with E-state index in [-0.39, 0.29) is 24.0 Å². The average Bonchev–Trinajstić information content (AvgIpc) is 3.32. The molecule has 1 saturated heterocycles. The summed E-state index contributed by atoms with van der Waals surface area (Å²) in [7, 11) is 0. The summed E-state index contributed by atoms with van der Waals surface area (Å²) in [5.74, 6) is 0.112. The fourth-order valence-corrected chi connectivity index (χ4v) is 3.70. The Balaban J connectivity index is 1.61. The van der Waals surface area contributed by atoms with Gasteiger partial charge in [-0.05, 0) is 43.7 Å². The van der Waals surface area contributed by atoms with Crippen molar-refractivity contribution in [2.75, 3.05) is 13.2 Å². The predicted molar refractivity (Wildman–Crippen MR) is 98.4 cm³/mol. The number of hydrogen-bond donors (Lipinski definition) is 2. The molecule has 144 valence electrons. The topological polar surface area (TPSA) is 70.7 Å². The van der Waals surface area contributed by atoms with E-state index in [0.717, 1.165) is 30.5 Å². The molecule has 2 aliphatic heterocycles. The highest BCUT2D eigenvalue weighted by atomic mass is 19.1. The summed E-state index contributed by atoms with van der Waals surface area (Å²) in [6.07, 6.45) is 4.98. The lowest BCUT2D eigenvalue weighted by molar-refractivity contribution is -0.123. The fraction of sp³-hybridized carbons (Fsp3) is 0.500. The molecule has 0 spiro atoms. The Morgan fingerprint density at radius 1 is 1.37 bits per heavy atom. The van der Waals surface area contributed by atoms with Crippen molar-refractivity contribution in [3.63, 3.8) is 0 Å². The summed E-state index contributed by atoms with van der Waals surface area (Å²) < 4.78 is 20.9. The van der Waals surface area contributed by atoms with Crippen molar-refractivity contribution in [3.8, 4) is 5.75 Å². The number of hydrogen-bond acceptors (Lipinski definition) is 4. The maximum absolute atomic E-state index is 15.2. The number of allylic oxidation sites excluding steroid dienone is 1. The molecule has 3 amide bonds. The third-order valence-corrected chi connectivity index (χ3v) is 5.34. The Kier molecular flexibility index (Phi) is 4.32. The van der Waals surface area contributed by atoms with Crippen LogP contribution in [0.5, 0.6) is 5.75 Å². The van der Waals surface area contributed by atoms with Crippen LogP contribution in [-0.4, -0.2) is 35.5 Å². The summed E-state index contributed by atoms with van der Waals surface area (Å²) in [5, 5.41) is 4.95. The second-order valence-electron chi connectivity index (χ2n) is 7.76. The second kappa shape index (κ2) is 6.55. The molecule has 1 saturated carbocycles. The summed E-state index contributed by atoms with van der Waals surface area (Å²) >= 11 is 0. The van der Waals surface area contributed by atoms with Gasteiger partial charge in [-0.1, -0.05) is 19.1 Å². The van der Waals surface area contributed by atoms with Gasteiger partial charge in [0.25, 0.3) is 5.91 Å². The van der Waals surface area contributed by atoms with Crippen molar-refractivity contribution in [2.24, 2.45) is 5.92 Å². The molecule has 2 N–H and O–H groups in total. The van der Waals surface area contributed by atoms with Gasteiger partial charge in [-0.3, -0.25) is 10.1 Å². The summed E-state index contributed by atoms with van der Waals surface area (Å²) in [5.41, 5.74) is 1.10. The molecule has 4 rings (SSSR count). The molecule has 2 fully saturated rings. The number of fused-ring (bicyclic) bond motifs is 1. The first-order chi connectivity index (χ1) is 12.9. The fourth-order valence-electron chi connectivity index (χ4n) is 3.70. The van der Waals surface area contributed by atoms with Crippen LogP contribution >= 0.6 is 0 Å². The molecule has 1 atom stereocenters. The maximum atomic E-state index is 15.2. The molecule has 3 aliphatic rings. The first-order valence-corrected chi connectivity index (χ1v) is 9.44. The van der Waals surface area contributed by atoms with E-state index in [0.29, 0.717) is 24.6 Å². The Hall–Kier alpha value is -2.57. The number of amides is 3. The number of halogens is 1. The highest BCUT2D eigenvalue weighted by Crippen LogP contribution is 2.40. The number of nitrogens with one attached hydrogen (secondary N) is 2. The van der Waals surface area contributed by atoms with Gasteiger partial charge in [-0.15, -0.1) is 0 Å². The SMILES string of the molecule is CC/C=C1\c2c(ccc(OCC3CC3)c2F)CN1C[C@@]1(C)NC(=O)NC1=O. The number of carbonyl (C=O) groups excluding carboxylic acids is 2. The average molecular weight is 373 g/mol. The monoisotopic (exact) mass is 373 g/mol. The third kappa shape index (κ3) is 3.26. The first kappa shape index (κ1) is 17.8. The quantitative estimate of drug-likeness (QED) is 0.753. The van der Waals surface area contributed by atoms with E-state index >= 15 is 4.39 Å². The molecule has 0 bridgehead atoms. The van der Waals surface area contributed by atoms with Crippen molar-refractivity contribution in [1.82, 2.24) is 15.5 Å². The van der Waals surface area contributed by atoms with Crippen LogP contribution in [0, 0.1) is 11.7 Å². The lowest BCUT2D eigenvalue weighted by atomic mass is 10.0. The number of urea groups is 1. The largest absolute Gasteiger partial charge is 0.490 e. The Labute approximate surface area is 157 Å². The molecule has 6 nitrogen and oxygen atoms in total. The smallest absolute Gasteiger partial charge is 0.322 e. The van der Waals surface area contributed by atoms with Crippen molar-refractivity contribution in [2.45, 2.75) is 45.2 Å². The minimum Gasteiger partial charge on any atom is -0.490 e. The zero-order valence-corrected chi connectivity index (χ0v) is 15.6. The van der Waals surface area contributed by atoms with E-state index in [1.807, 2.05) is 24.0 Å². The first-order valence-electron chi connectivity index (χ1n) is 9.44. The van der Waals surface area contributed by atoms with E-state index in [1.54, 1.807) is 13.0 Å². The van der Waals surface area contributed by atoms with E-state index < -0.39 is 11.6 Å². The van der Waals surface area contributed by atoms with Gasteiger partial charge in [-0.2, -0.15) is 0 Å². The molecule has 0 unspecified atom stereocenters. The van der Waals surface area contributed by atoms with Gasteiger partial charge >= 0.3 is 6.03 Å². The molecular weight excluding hydrogens is 349 g/mol. The Bertz CT molecular complexity index is 834. The van der Waals surface area contributed by atoms with Crippen molar-refractivity contribution >= 4 is 17.6 Å². The zero-order chi connectivity index (χ0) is 19.2. The van der Waals surface area contributed by atoms with Gasteiger partial charge in [-0.25, -0.2) is 9.18 Å². The lowest BCUT2D eigenvalue weighted by Gasteiger charge is -2.29. The van der Waals surface area contributed by atoms with E-state index in [1.165, 1.54) is 0 Å². The van der Waals surface area contributed by atoms with Gasteiger partial charge in [0.2, 0.25) is 0 Å². The third-order valence-electron chi connectivity index (χ3n) is 5.34. The van der Waals surface area contributed by atoms with Gasteiger partial charge in [0.1, 0.15) is 5.54 Å². The number of ether oxygens (including phenoxy) is 1. The van der Waals surface area contributed by atoms with Gasteiger partial charge in [0.15, 0.2) is 11.6 Å². The number of rotatable bonds is 6. The molecule has 1 aliphatic carbocycles. The summed E-state index contributed by atoms with van der Waals surface area (Å²) in [6.45, 7) is 4.97. The van der Waals surface area contributed by atoms with Crippen molar-refractivity contribution < 1.29 is 18.7 Å². The van der Waals surface area contributed by atoms with E-state index in [4.69, 9.17) is 4.74 Å². The molecular formula is C20H24FN3O3. The molecule has 1 aromatic carbocycles. The Morgan fingerprint density at radius 3 is 2.78 bits per heavy atom. The highest BCUT2D eigenvalue weighted by Gasteiger charge is 2.45. The van der Waals surface area contributed by atoms with Gasteiger partial charge < -0.3 is 15.0 Å². The van der Waals surface area contributed by atoms with Crippen LogP contribution in [0.3, 0.4) is 0 Å². The predicted octanol–water partition coefficient (Wildman–Crippen LogP) is 2.78. The number of nitrogens with zero attached hydrogens (tertiary/aromatic N) is 1. The Morgan fingerprint density at radius 2 is 2.15 bits per heavy atom. The maximum Gasteiger partial charge on any atom is 0.322 e. The van der Waals surface area contributed by atoms with Crippen LogP contribution in [0.25, 0.3) is 5.70 Å². The molecule has 7 heteroatoms. The van der Waals surface area contributed by atoms with Gasteiger partial charge in [0, 0.05) is 17.8 Å². The highest BCUT2D eigenvalue weighted by molar-refractivity contribution is 6.07. The number of carbonyl (C=O) groups is 2. The van der Waals surface area contributed by atoms with Crippen LogP contribution in [0.4, 0.5) is 9.18 Å². The van der Waals surface area contributed by atoms with Gasteiger partial charge in [0.05, 0.1) is 13.2 Å². The zero-order valence-electron chi connectivity index (χ0n) is 15.6. The van der Waals surface area contributed by atoms with Crippen LogP contribution in [0.1, 0.15) is 44.2 Å². The van der Waals surface area contributed by atoms with Crippen molar-refractivity contribution in [3.05, 3.63) is 35.2 Å². The van der Waals surface area contributed by atoms with Crippen LogP contribution < -0.4 is 15.4 Å². The van der Waals surface area contributed by atoms with Crippen LogP contribution in [0.15, 0.2) is 18.2 Å². The molecule has 2 heterocycles. The van der Waals surface area contributed by atoms with Crippen molar-refractivity contribution in [1.29, 1.82) is 0 Å². The normalized spacial score (nSPS) is 25.6. The van der Waals surface area contributed by atoms with Crippen LogP contribution in [-0.2, 0) is 11.3 Å². The van der Waals surface area contributed by atoms with Crippen LogP contribution in [0.2, 0.25) is 0 Å². The van der Waals surface area contributed by atoms with E-state index in [9.17, 15) is 9.59 Å². The number of benzene rings is 1. The molecule has 0 radical (unpaired) electrons. The molecule has 0 aromatic heterocycles. The lowest BCUT2D eigenvalue weighted by Crippen LogP contribution is -2.51. The summed E-state index contributed by atoms with van der Waals surface area (Å²) in [6, 6.07) is 3.08. The standard InChI is InChI=1S/C20H24FN3O3/c1-3-4-14-16-13(7-8-15(17(16)21)27-10-12-5-6-12)9-24(14)11-20(2)18(25)22-19(26)23-20/h4,7-8,12H,3,5-6,9-11H2,1-2H3,(H2,22,23,25,26)/b14-4+/t20-/m1/s1. The number of imide groups is 1. The minimum atomic E-state index is -1.05. The molecule has 1 aromatic rings. The van der Waals surface area contributed by atoms with E-state index in [2.05, 4.69) is 10.6 Å². The summed E-state index contributed by atoms with van der Waals surface area (Å²) in [4.78, 5) is 25.7.